The zero-order valence-corrected chi connectivity index (χ0v) is 18.7. The highest BCUT2D eigenvalue weighted by Gasteiger charge is 2.31. The summed E-state index contributed by atoms with van der Waals surface area (Å²) in [6.45, 7) is 7.47. The normalized spacial score (nSPS) is 22.6. The first-order valence-corrected chi connectivity index (χ1v) is 9.43. The van der Waals surface area contributed by atoms with Crippen molar-refractivity contribution in [3.63, 3.8) is 0 Å². The summed E-state index contributed by atoms with van der Waals surface area (Å²) in [5.41, 5.74) is 0. The van der Waals surface area contributed by atoms with Crippen LogP contribution in [0.25, 0.3) is 0 Å². The maximum atomic E-state index is 12.2. The number of carbonyl (C=O) groups is 1. The van der Waals surface area contributed by atoms with Crippen LogP contribution in [-0.2, 0) is 4.79 Å². The van der Waals surface area contributed by atoms with Crippen LogP contribution in [0.1, 0.15) is 39.0 Å². The summed E-state index contributed by atoms with van der Waals surface area (Å²) in [4.78, 5) is 23.1. The summed E-state index contributed by atoms with van der Waals surface area (Å²) >= 11 is 0. The smallest absolute Gasteiger partial charge is 0.239 e. The molecule has 0 bridgehead atoms. The average molecular weight is 465 g/mol. The Hall–Kier alpha value is -0.570. The lowest BCUT2D eigenvalue weighted by Gasteiger charge is -2.33. The highest BCUT2D eigenvalue weighted by atomic mass is 127. The van der Waals surface area contributed by atoms with Crippen molar-refractivity contribution in [3.8, 4) is 0 Å². The van der Waals surface area contributed by atoms with Crippen LogP contribution in [0.4, 0.5) is 0 Å². The molecule has 0 aliphatic carbocycles. The molecule has 2 aliphatic rings. The number of likely N-dealkylation sites (tertiary alicyclic amines) is 2. The molecule has 2 saturated heterocycles. The number of halogens is 1. The third-order valence-electron chi connectivity index (χ3n) is 5.29. The van der Waals surface area contributed by atoms with Crippen molar-refractivity contribution in [1.82, 2.24) is 20.0 Å². The molecular formula is C18H36IN5O. The van der Waals surface area contributed by atoms with Gasteiger partial charge in [0.2, 0.25) is 5.91 Å². The van der Waals surface area contributed by atoms with E-state index < -0.39 is 0 Å². The molecule has 2 heterocycles. The number of likely N-dealkylation sites (N-methyl/N-ethyl adjacent to an activating group) is 1. The van der Waals surface area contributed by atoms with E-state index in [4.69, 9.17) is 0 Å². The number of aliphatic imine (C=N–C) groups is 1. The highest BCUT2D eigenvalue weighted by molar-refractivity contribution is 14.0. The van der Waals surface area contributed by atoms with E-state index in [-0.39, 0.29) is 35.9 Å². The molecule has 146 valence electrons. The molecule has 25 heavy (non-hydrogen) atoms. The van der Waals surface area contributed by atoms with Gasteiger partial charge in [0.25, 0.3) is 0 Å². The maximum Gasteiger partial charge on any atom is 0.239 e. The van der Waals surface area contributed by atoms with E-state index in [1.807, 2.05) is 21.1 Å². The molecule has 2 rings (SSSR count). The largest absolute Gasteiger partial charge is 0.356 e. The van der Waals surface area contributed by atoms with E-state index in [2.05, 4.69) is 27.0 Å². The molecule has 0 spiro atoms. The molecule has 0 radical (unpaired) electrons. The van der Waals surface area contributed by atoms with Gasteiger partial charge in [0.1, 0.15) is 0 Å². The van der Waals surface area contributed by atoms with Gasteiger partial charge in [-0.25, -0.2) is 0 Å². The number of hydrogen-bond acceptors (Lipinski definition) is 3. The fourth-order valence-electron chi connectivity index (χ4n) is 3.71. The van der Waals surface area contributed by atoms with Gasteiger partial charge in [-0.2, -0.15) is 0 Å². The Bertz CT molecular complexity index is 435. The van der Waals surface area contributed by atoms with Gasteiger partial charge in [0.15, 0.2) is 5.96 Å². The molecule has 1 N–H and O–H groups in total. The van der Waals surface area contributed by atoms with Crippen LogP contribution < -0.4 is 5.32 Å². The predicted octanol–water partition coefficient (Wildman–Crippen LogP) is 1.85. The molecular weight excluding hydrogens is 429 g/mol. The van der Waals surface area contributed by atoms with Gasteiger partial charge in [-0.3, -0.25) is 14.7 Å². The van der Waals surface area contributed by atoms with E-state index in [9.17, 15) is 4.79 Å². The number of piperidine rings is 1. The lowest BCUT2D eigenvalue weighted by molar-refractivity contribution is -0.133. The minimum atomic E-state index is 0. The summed E-state index contributed by atoms with van der Waals surface area (Å²) in [6, 6.07) is 0.0860. The summed E-state index contributed by atoms with van der Waals surface area (Å²) in [5.74, 6) is 2.11. The second-order valence-electron chi connectivity index (χ2n) is 7.42. The van der Waals surface area contributed by atoms with Gasteiger partial charge in [-0.05, 0) is 44.6 Å². The van der Waals surface area contributed by atoms with Crippen LogP contribution in [0.2, 0.25) is 0 Å². The number of nitrogens with one attached hydrogen (secondary N) is 1. The van der Waals surface area contributed by atoms with E-state index in [1.165, 1.54) is 12.8 Å². The quantitative estimate of drug-likeness (QED) is 0.292. The van der Waals surface area contributed by atoms with Crippen molar-refractivity contribution >= 4 is 35.8 Å². The van der Waals surface area contributed by atoms with E-state index in [1.54, 1.807) is 4.90 Å². The summed E-state index contributed by atoms with van der Waals surface area (Å²) in [7, 11) is 5.57. The Kier molecular flexibility index (Phi) is 10.1. The SMILES string of the molecule is CN=C(NCCCN1CCCC1C(=O)N(C)C)N1CCC(C)CC1.I. The van der Waals surface area contributed by atoms with E-state index in [0.29, 0.717) is 0 Å². The predicted molar refractivity (Wildman–Crippen MR) is 115 cm³/mol. The standard InChI is InChI=1S/C18H35N5O.HI/c1-15-8-13-23(14-9-15)18(19-2)20-10-6-12-22-11-5-7-16(22)17(24)21(3)4;/h15-16H,5-14H2,1-4H3,(H,19,20);1H. The average Bonchev–Trinajstić information content (AvgIpc) is 3.03. The second kappa shape index (κ2) is 11.2. The Morgan fingerprint density at radius 2 is 1.88 bits per heavy atom. The van der Waals surface area contributed by atoms with Crippen molar-refractivity contribution in [2.75, 3.05) is 53.9 Å². The molecule has 0 saturated carbocycles. The molecule has 1 atom stereocenters. The third-order valence-corrected chi connectivity index (χ3v) is 5.29. The van der Waals surface area contributed by atoms with Gasteiger partial charge in [-0.15, -0.1) is 24.0 Å². The number of guanidine groups is 1. The van der Waals surface area contributed by atoms with Crippen LogP contribution in [0.15, 0.2) is 4.99 Å². The van der Waals surface area contributed by atoms with E-state index in [0.717, 1.165) is 63.9 Å². The summed E-state index contributed by atoms with van der Waals surface area (Å²) < 4.78 is 0. The minimum Gasteiger partial charge on any atom is -0.356 e. The molecule has 1 amide bonds. The molecule has 6 nitrogen and oxygen atoms in total. The molecule has 0 aromatic carbocycles. The Labute approximate surface area is 170 Å². The molecule has 7 heteroatoms. The van der Waals surface area contributed by atoms with Crippen molar-refractivity contribution in [2.45, 2.75) is 45.1 Å². The maximum absolute atomic E-state index is 12.2. The van der Waals surface area contributed by atoms with Gasteiger partial charge in [0, 0.05) is 47.3 Å². The second-order valence-corrected chi connectivity index (χ2v) is 7.42. The zero-order chi connectivity index (χ0) is 17.5. The first kappa shape index (κ1) is 22.5. The molecule has 0 aromatic heterocycles. The van der Waals surface area contributed by atoms with Crippen LogP contribution in [-0.4, -0.2) is 86.5 Å². The summed E-state index contributed by atoms with van der Waals surface area (Å²) in [5, 5.41) is 3.50. The Morgan fingerprint density at radius 1 is 1.20 bits per heavy atom. The van der Waals surface area contributed by atoms with Crippen molar-refractivity contribution in [2.24, 2.45) is 10.9 Å². The first-order valence-electron chi connectivity index (χ1n) is 9.43. The number of amides is 1. The van der Waals surface area contributed by atoms with Crippen molar-refractivity contribution < 1.29 is 4.79 Å². The topological polar surface area (TPSA) is 51.2 Å². The third kappa shape index (κ3) is 6.58. The molecule has 2 fully saturated rings. The van der Waals surface area contributed by atoms with Gasteiger partial charge in [-0.1, -0.05) is 6.92 Å². The van der Waals surface area contributed by atoms with Crippen LogP contribution >= 0.6 is 24.0 Å². The van der Waals surface area contributed by atoms with Gasteiger partial charge in [0.05, 0.1) is 6.04 Å². The monoisotopic (exact) mass is 465 g/mol. The van der Waals surface area contributed by atoms with Gasteiger partial charge < -0.3 is 15.1 Å². The fourth-order valence-corrected chi connectivity index (χ4v) is 3.71. The van der Waals surface area contributed by atoms with Crippen LogP contribution in [0.3, 0.4) is 0 Å². The Balaban J connectivity index is 0.00000312. The van der Waals surface area contributed by atoms with Crippen molar-refractivity contribution in [1.29, 1.82) is 0 Å². The summed E-state index contributed by atoms with van der Waals surface area (Å²) in [6.07, 6.45) is 5.68. The fraction of sp³-hybridized carbons (Fsp3) is 0.889. The lowest BCUT2D eigenvalue weighted by atomic mass is 10.00. The number of carbonyl (C=O) groups excluding carboxylic acids is 1. The zero-order valence-electron chi connectivity index (χ0n) is 16.3. The molecule has 0 aromatic rings. The molecule has 1 unspecified atom stereocenters. The minimum absolute atomic E-state index is 0. The molecule has 2 aliphatic heterocycles. The number of rotatable bonds is 5. The van der Waals surface area contributed by atoms with Crippen molar-refractivity contribution in [3.05, 3.63) is 0 Å². The number of nitrogens with zero attached hydrogens (tertiary/aromatic N) is 4. The van der Waals surface area contributed by atoms with Gasteiger partial charge >= 0.3 is 0 Å². The number of hydrogen-bond donors (Lipinski definition) is 1. The highest BCUT2D eigenvalue weighted by Crippen LogP contribution is 2.19. The Morgan fingerprint density at radius 3 is 2.48 bits per heavy atom. The van der Waals surface area contributed by atoms with Crippen LogP contribution in [0, 0.1) is 5.92 Å². The van der Waals surface area contributed by atoms with E-state index >= 15 is 0 Å². The van der Waals surface area contributed by atoms with Crippen LogP contribution in [0.5, 0.6) is 0 Å². The first-order chi connectivity index (χ1) is 11.5. The lowest BCUT2D eigenvalue weighted by Crippen LogP contribution is -2.46.